The number of nitrogens with one attached hydrogen (secondary N) is 2. The molecule has 0 radical (unpaired) electrons. The van der Waals surface area contributed by atoms with Gasteiger partial charge in [0.25, 0.3) is 0 Å². The average Bonchev–Trinajstić information content (AvgIpc) is 3.37. The average molecular weight is 375 g/mol. The Morgan fingerprint density at radius 2 is 1.54 bits per heavy atom. The van der Waals surface area contributed by atoms with E-state index in [1.165, 1.54) is 55.2 Å². The highest BCUT2D eigenvalue weighted by atomic mass is 15.2. The van der Waals surface area contributed by atoms with Gasteiger partial charge in [-0.1, -0.05) is 67.8 Å². The van der Waals surface area contributed by atoms with Crippen LogP contribution in [0.25, 0.3) is 0 Å². The molecule has 5 rings (SSSR count). The van der Waals surface area contributed by atoms with Gasteiger partial charge >= 0.3 is 0 Å². The van der Waals surface area contributed by atoms with Gasteiger partial charge in [0.2, 0.25) is 0 Å². The molecule has 28 heavy (non-hydrogen) atoms. The quantitative estimate of drug-likeness (QED) is 0.786. The van der Waals surface area contributed by atoms with Crippen LogP contribution >= 0.6 is 0 Å². The molecule has 2 aromatic carbocycles. The van der Waals surface area contributed by atoms with E-state index >= 15 is 0 Å². The zero-order valence-corrected chi connectivity index (χ0v) is 17.4. The molecule has 1 heterocycles. The number of rotatable bonds is 3. The number of hydrogen-bond acceptors (Lipinski definition) is 2. The van der Waals surface area contributed by atoms with E-state index in [0.717, 1.165) is 24.9 Å². The third-order valence-electron chi connectivity index (χ3n) is 7.71. The molecule has 2 aliphatic carbocycles. The molecule has 2 nitrogen and oxygen atoms in total. The summed E-state index contributed by atoms with van der Waals surface area (Å²) in [4.78, 5) is 0. The molecule has 148 valence electrons. The van der Waals surface area contributed by atoms with E-state index in [1.54, 1.807) is 11.1 Å². The van der Waals surface area contributed by atoms with Crippen molar-refractivity contribution in [3.8, 4) is 0 Å². The number of fused-ring (bicyclic) bond motifs is 1. The van der Waals surface area contributed by atoms with Crippen LogP contribution in [-0.2, 0) is 18.3 Å². The first kappa shape index (κ1) is 18.4. The molecule has 1 atom stereocenters. The minimum Gasteiger partial charge on any atom is -0.297 e. The van der Waals surface area contributed by atoms with Gasteiger partial charge in [0.1, 0.15) is 0 Å². The van der Waals surface area contributed by atoms with Crippen LogP contribution in [0.4, 0.5) is 0 Å². The molecule has 1 aliphatic heterocycles. The lowest BCUT2D eigenvalue weighted by molar-refractivity contribution is 0.181. The first-order valence-electron chi connectivity index (χ1n) is 11.3. The molecule has 0 bridgehead atoms. The van der Waals surface area contributed by atoms with Gasteiger partial charge in [0.15, 0.2) is 0 Å². The van der Waals surface area contributed by atoms with Crippen molar-refractivity contribution in [3.05, 3.63) is 70.3 Å². The van der Waals surface area contributed by atoms with Gasteiger partial charge < -0.3 is 0 Å². The van der Waals surface area contributed by atoms with Gasteiger partial charge in [0, 0.05) is 18.5 Å². The smallest absolute Gasteiger partial charge is 0.0836 e. The summed E-state index contributed by atoms with van der Waals surface area (Å²) < 4.78 is 0. The second-order valence-electron chi connectivity index (χ2n) is 9.74. The van der Waals surface area contributed by atoms with Crippen molar-refractivity contribution >= 4 is 0 Å². The van der Waals surface area contributed by atoms with Gasteiger partial charge in [-0.05, 0) is 66.7 Å². The standard InChI is InChI=1S/C26H34N2/c1-18-7-11-24(12-8-18)26(23-5-3-4-6-23)16-27-25(28-17-26)21-10-9-20-13-19(2)14-22(20)15-21/h7-12,15,19,23,25,27-28H,3-6,13-14,16-17H2,1-2H3. The highest BCUT2D eigenvalue weighted by molar-refractivity contribution is 5.38. The number of aryl methyl sites for hydroxylation is 1. The van der Waals surface area contributed by atoms with Crippen LogP contribution in [0.15, 0.2) is 42.5 Å². The number of benzene rings is 2. The molecule has 0 spiro atoms. The molecule has 2 aromatic rings. The Morgan fingerprint density at radius 3 is 2.25 bits per heavy atom. The SMILES string of the molecule is Cc1ccc(C2(C3CCCC3)CNC(c3ccc4c(c3)CC(C)C4)NC2)cc1. The molecule has 0 aromatic heterocycles. The minimum absolute atomic E-state index is 0.228. The Hall–Kier alpha value is -1.64. The summed E-state index contributed by atoms with van der Waals surface area (Å²) >= 11 is 0. The molecule has 1 unspecified atom stereocenters. The molecule has 0 amide bonds. The first-order chi connectivity index (χ1) is 13.6. The summed E-state index contributed by atoms with van der Waals surface area (Å²) in [5, 5.41) is 7.82. The maximum atomic E-state index is 3.91. The molecule has 1 saturated carbocycles. The summed E-state index contributed by atoms with van der Waals surface area (Å²) in [5.41, 5.74) is 7.65. The molecule has 2 heteroatoms. The summed E-state index contributed by atoms with van der Waals surface area (Å²) in [7, 11) is 0. The highest BCUT2D eigenvalue weighted by Gasteiger charge is 2.44. The molecule has 1 saturated heterocycles. The van der Waals surface area contributed by atoms with Crippen LogP contribution in [0.3, 0.4) is 0 Å². The van der Waals surface area contributed by atoms with Crippen molar-refractivity contribution < 1.29 is 0 Å². The van der Waals surface area contributed by atoms with E-state index in [2.05, 4.69) is 66.9 Å². The van der Waals surface area contributed by atoms with Gasteiger partial charge in [-0.15, -0.1) is 0 Å². The summed E-state index contributed by atoms with van der Waals surface area (Å²) in [6.07, 6.45) is 8.30. The zero-order valence-electron chi connectivity index (χ0n) is 17.4. The van der Waals surface area contributed by atoms with Crippen LogP contribution in [0, 0.1) is 18.8 Å². The second-order valence-corrected chi connectivity index (χ2v) is 9.74. The van der Waals surface area contributed by atoms with Crippen LogP contribution in [0.2, 0.25) is 0 Å². The van der Waals surface area contributed by atoms with Crippen molar-refractivity contribution in [2.45, 2.75) is 64.0 Å². The van der Waals surface area contributed by atoms with Crippen LogP contribution in [0.1, 0.15) is 66.6 Å². The van der Waals surface area contributed by atoms with Crippen LogP contribution in [-0.4, -0.2) is 13.1 Å². The van der Waals surface area contributed by atoms with Crippen molar-refractivity contribution in [1.29, 1.82) is 0 Å². The monoisotopic (exact) mass is 374 g/mol. The largest absolute Gasteiger partial charge is 0.297 e. The van der Waals surface area contributed by atoms with E-state index in [0.29, 0.717) is 0 Å². The normalized spacial score (nSPS) is 30.5. The van der Waals surface area contributed by atoms with E-state index in [9.17, 15) is 0 Å². The Bertz CT molecular complexity index is 824. The van der Waals surface area contributed by atoms with Crippen molar-refractivity contribution in [2.24, 2.45) is 11.8 Å². The maximum Gasteiger partial charge on any atom is 0.0836 e. The Morgan fingerprint density at radius 1 is 0.857 bits per heavy atom. The van der Waals surface area contributed by atoms with Gasteiger partial charge in [-0.25, -0.2) is 0 Å². The van der Waals surface area contributed by atoms with Gasteiger partial charge in [0.05, 0.1) is 6.17 Å². The third-order valence-corrected chi connectivity index (χ3v) is 7.71. The van der Waals surface area contributed by atoms with E-state index < -0.39 is 0 Å². The molecular weight excluding hydrogens is 340 g/mol. The third kappa shape index (κ3) is 3.21. The van der Waals surface area contributed by atoms with Gasteiger partial charge in [-0.2, -0.15) is 0 Å². The fourth-order valence-corrected chi connectivity index (χ4v) is 6.07. The van der Waals surface area contributed by atoms with Gasteiger partial charge in [-0.3, -0.25) is 10.6 Å². The van der Waals surface area contributed by atoms with Crippen molar-refractivity contribution in [3.63, 3.8) is 0 Å². The topological polar surface area (TPSA) is 24.1 Å². The molecule has 3 aliphatic rings. The predicted molar refractivity (Wildman–Crippen MR) is 117 cm³/mol. The summed E-state index contributed by atoms with van der Waals surface area (Å²) in [5.74, 6) is 1.59. The fraction of sp³-hybridized carbons (Fsp3) is 0.538. The predicted octanol–water partition coefficient (Wildman–Crippen LogP) is 5.05. The molecule has 2 N–H and O–H groups in total. The highest BCUT2D eigenvalue weighted by Crippen LogP contribution is 2.43. The van der Waals surface area contributed by atoms with E-state index in [1.807, 2.05) is 0 Å². The summed E-state index contributed by atoms with van der Waals surface area (Å²) in [6.45, 7) is 6.71. The summed E-state index contributed by atoms with van der Waals surface area (Å²) in [6, 6.07) is 16.5. The Kier molecular flexibility index (Phi) is 4.80. The van der Waals surface area contributed by atoms with Crippen molar-refractivity contribution in [2.75, 3.05) is 13.1 Å². The van der Waals surface area contributed by atoms with Crippen LogP contribution < -0.4 is 10.6 Å². The van der Waals surface area contributed by atoms with Crippen molar-refractivity contribution in [1.82, 2.24) is 10.6 Å². The fourth-order valence-electron chi connectivity index (χ4n) is 6.07. The molecule has 2 fully saturated rings. The molecular formula is C26H34N2. The lowest BCUT2D eigenvalue weighted by atomic mass is 9.68. The van der Waals surface area contributed by atoms with E-state index in [4.69, 9.17) is 0 Å². The lowest BCUT2D eigenvalue weighted by Crippen LogP contribution is -2.58. The minimum atomic E-state index is 0.228. The number of hydrogen-bond donors (Lipinski definition) is 2. The zero-order chi connectivity index (χ0) is 19.1. The van der Waals surface area contributed by atoms with E-state index in [-0.39, 0.29) is 11.6 Å². The lowest BCUT2D eigenvalue weighted by Gasteiger charge is -2.46. The Balaban J connectivity index is 1.38. The first-order valence-corrected chi connectivity index (χ1v) is 11.3. The van der Waals surface area contributed by atoms with Crippen LogP contribution in [0.5, 0.6) is 0 Å². The Labute approximate surface area is 170 Å². The second kappa shape index (κ2) is 7.31. The maximum absolute atomic E-state index is 3.91.